The molecule has 0 unspecified atom stereocenters. The minimum absolute atomic E-state index is 0.125. The second kappa shape index (κ2) is 8.21. The number of Topliss-reactive ketones (excluding diaryl/α,β-unsaturated/α-hetero) is 1. The standard InChI is InChI=1S/C24H21ClN2O3S/c1-16-10-12-18(13-11-16)15-27-22-9-4-3-6-19(22)24(28)23(31(27,29)30)14-26-21-8-5-7-20(25)17(21)2/h3-14,26H,15H2,1-2H3. The summed E-state index contributed by atoms with van der Waals surface area (Å²) >= 11 is 6.16. The number of rotatable bonds is 4. The van der Waals surface area contributed by atoms with Gasteiger partial charge >= 0.3 is 0 Å². The van der Waals surface area contributed by atoms with E-state index in [1.54, 1.807) is 42.5 Å². The monoisotopic (exact) mass is 452 g/mol. The highest BCUT2D eigenvalue weighted by atomic mass is 35.5. The van der Waals surface area contributed by atoms with E-state index < -0.39 is 15.8 Å². The molecule has 0 radical (unpaired) electrons. The van der Waals surface area contributed by atoms with Gasteiger partial charge in [0.2, 0.25) is 5.78 Å². The highest BCUT2D eigenvalue weighted by Gasteiger charge is 2.40. The minimum atomic E-state index is -4.08. The van der Waals surface area contributed by atoms with Crippen molar-refractivity contribution < 1.29 is 13.2 Å². The molecule has 158 valence electrons. The van der Waals surface area contributed by atoms with E-state index in [-0.39, 0.29) is 11.4 Å². The number of sulfonamides is 1. The molecule has 5 nitrogen and oxygen atoms in total. The first-order valence-electron chi connectivity index (χ1n) is 9.73. The number of allylic oxidation sites excluding steroid dienone is 1. The lowest BCUT2D eigenvalue weighted by atomic mass is 10.1. The van der Waals surface area contributed by atoms with Crippen molar-refractivity contribution in [3.63, 3.8) is 0 Å². The number of hydrogen-bond donors (Lipinski definition) is 1. The molecule has 1 N–H and O–H groups in total. The van der Waals surface area contributed by atoms with Crippen molar-refractivity contribution in [2.75, 3.05) is 9.62 Å². The van der Waals surface area contributed by atoms with Gasteiger partial charge in [-0.1, -0.05) is 59.6 Å². The third kappa shape index (κ3) is 3.96. The number of ketones is 1. The summed E-state index contributed by atoms with van der Waals surface area (Å²) < 4.78 is 28.3. The maximum Gasteiger partial charge on any atom is 0.270 e. The molecule has 3 aromatic carbocycles. The van der Waals surface area contributed by atoms with Crippen LogP contribution in [-0.4, -0.2) is 14.2 Å². The molecule has 1 aliphatic rings. The van der Waals surface area contributed by atoms with Crippen molar-refractivity contribution in [3.05, 3.63) is 105 Å². The highest BCUT2D eigenvalue weighted by Crippen LogP contribution is 2.36. The zero-order chi connectivity index (χ0) is 22.2. The summed E-state index contributed by atoms with van der Waals surface area (Å²) in [4.78, 5) is 12.8. The zero-order valence-corrected chi connectivity index (χ0v) is 18.7. The summed E-state index contributed by atoms with van der Waals surface area (Å²) in [5.41, 5.74) is 4.04. The van der Waals surface area contributed by atoms with Crippen LogP contribution in [0.3, 0.4) is 0 Å². The third-order valence-corrected chi connectivity index (χ3v) is 7.46. The number of benzene rings is 3. The smallest absolute Gasteiger partial charge is 0.270 e. The fourth-order valence-corrected chi connectivity index (χ4v) is 5.16. The molecule has 0 amide bonds. The van der Waals surface area contributed by atoms with Gasteiger partial charge in [-0.15, -0.1) is 0 Å². The Hall–Kier alpha value is -3.09. The molecule has 1 aliphatic heterocycles. The number of carbonyl (C=O) groups is 1. The Morgan fingerprint density at radius 3 is 2.42 bits per heavy atom. The normalized spacial score (nSPS) is 16.3. The van der Waals surface area contributed by atoms with E-state index in [1.807, 2.05) is 38.1 Å². The minimum Gasteiger partial charge on any atom is -0.360 e. The van der Waals surface area contributed by atoms with Gasteiger partial charge in [0.15, 0.2) is 4.91 Å². The average molecular weight is 453 g/mol. The SMILES string of the molecule is Cc1ccc(CN2c3ccccc3C(=O)C(=CNc3cccc(Cl)c3C)S2(=O)=O)cc1. The van der Waals surface area contributed by atoms with Gasteiger partial charge in [-0.05, 0) is 49.2 Å². The Morgan fingerprint density at radius 2 is 1.68 bits per heavy atom. The lowest BCUT2D eigenvalue weighted by molar-refractivity contribution is 0.104. The summed E-state index contributed by atoms with van der Waals surface area (Å²) in [6.45, 7) is 3.92. The predicted molar refractivity (Wildman–Crippen MR) is 125 cm³/mol. The van der Waals surface area contributed by atoms with Crippen LogP contribution in [0.1, 0.15) is 27.0 Å². The Labute approximate surface area is 187 Å². The van der Waals surface area contributed by atoms with Crippen molar-refractivity contribution in [3.8, 4) is 0 Å². The second-order valence-electron chi connectivity index (χ2n) is 7.41. The van der Waals surface area contributed by atoms with Crippen LogP contribution in [0, 0.1) is 13.8 Å². The van der Waals surface area contributed by atoms with Gasteiger partial charge in [-0.25, -0.2) is 8.42 Å². The molecule has 3 aromatic rings. The van der Waals surface area contributed by atoms with Gasteiger partial charge < -0.3 is 5.32 Å². The molecule has 0 spiro atoms. The zero-order valence-electron chi connectivity index (χ0n) is 17.1. The fourth-order valence-electron chi connectivity index (χ4n) is 3.46. The maximum absolute atomic E-state index is 13.5. The molecule has 0 atom stereocenters. The van der Waals surface area contributed by atoms with Gasteiger partial charge in [0.05, 0.1) is 12.2 Å². The summed E-state index contributed by atoms with van der Waals surface area (Å²) in [7, 11) is -4.08. The summed E-state index contributed by atoms with van der Waals surface area (Å²) in [6, 6.07) is 19.7. The number of para-hydroxylation sites is 1. The van der Waals surface area contributed by atoms with Crippen LogP contribution in [-0.2, 0) is 16.6 Å². The molecule has 0 bridgehead atoms. The van der Waals surface area contributed by atoms with Gasteiger partial charge in [0, 0.05) is 22.5 Å². The predicted octanol–water partition coefficient (Wildman–Crippen LogP) is 5.44. The lowest BCUT2D eigenvalue weighted by Crippen LogP contribution is -2.39. The topological polar surface area (TPSA) is 66.5 Å². The van der Waals surface area contributed by atoms with Gasteiger partial charge in [-0.2, -0.15) is 0 Å². The Kier molecular flexibility index (Phi) is 5.60. The van der Waals surface area contributed by atoms with Crippen LogP contribution in [0.4, 0.5) is 11.4 Å². The third-order valence-electron chi connectivity index (χ3n) is 5.28. The van der Waals surface area contributed by atoms with E-state index >= 15 is 0 Å². The van der Waals surface area contributed by atoms with Crippen LogP contribution in [0.25, 0.3) is 0 Å². The molecule has 0 saturated heterocycles. The largest absolute Gasteiger partial charge is 0.360 e. The lowest BCUT2D eigenvalue weighted by Gasteiger charge is -2.31. The summed E-state index contributed by atoms with van der Waals surface area (Å²) in [5.74, 6) is -0.539. The Balaban J connectivity index is 1.79. The molecular weight excluding hydrogens is 432 g/mol. The van der Waals surface area contributed by atoms with E-state index in [0.29, 0.717) is 22.0 Å². The molecule has 0 saturated carbocycles. The molecule has 7 heteroatoms. The molecular formula is C24H21ClN2O3S. The van der Waals surface area contributed by atoms with Gasteiger partial charge in [0.1, 0.15) is 0 Å². The maximum atomic E-state index is 13.5. The van der Waals surface area contributed by atoms with Crippen molar-refractivity contribution in [1.82, 2.24) is 0 Å². The number of nitrogens with zero attached hydrogens (tertiary/aromatic N) is 1. The number of fused-ring (bicyclic) bond motifs is 1. The molecule has 4 rings (SSSR count). The van der Waals surface area contributed by atoms with Crippen LogP contribution >= 0.6 is 11.6 Å². The van der Waals surface area contributed by atoms with Crippen molar-refractivity contribution >= 4 is 38.8 Å². The summed E-state index contributed by atoms with van der Waals surface area (Å²) in [5, 5.41) is 3.51. The van der Waals surface area contributed by atoms with Crippen LogP contribution in [0.5, 0.6) is 0 Å². The first-order valence-corrected chi connectivity index (χ1v) is 11.5. The number of aryl methyl sites for hydroxylation is 1. The van der Waals surface area contributed by atoms with Crippen LogP contribution < -0.4 is 9.62 Å². The first kappa shape index (κ1) is 21.2. The van der Waals surface area contributed by atoms with Crippen LogP contribution in [0.2, 0.25) is 5.02 Å². The fraction of sp³-hybridized carbons (Fsp3) is 0.125. The molecule has 0 aromatic heterocycles. The highest BCUT2D eigenvalue weighted by molar-refractivity contribution is 7.97. The number of carbonyl (C=O) groups excluding carboxylic acids is 1. The number of hydrogen-bond acceptors (Lipinski definition) is 4. The molecule has 0 aliphatic carbocycles. The first-order chi connectivity index (χ1) is 14.8. The van der Waals surface area contributed by atoms with Gasteiger partial charge in [0.25, 0.3) is 10.0 Å². The molecule has 31 heavy (non-hydrogen) atoms. The Morgan fingerprint density at radius 1 is 0.968 bits per heavy atom. The second-order valence-corrected chi connectivity index (χ2v) is 9.65. The quantitative estimate of drug-likeness (QED) is 0.535. The molecule has 0 fully saturated rings. The van der Waals surface area contributed by atoms with Crippen molar-refractivity contribution in [1.29, 1.82) is 0 Å². The van der Waals surface area contributed by atoms with E-state index in [4.69, 9.17) is 11.6 Å². The summed E-state index contributed by atoms with van der Waals surface area (Å²) in [6.07, 6.45) is 1.26. The number of nitrogens with one attached hydrogen (secondary N) is 1. The Bertz CT molecular complexity index is 1300. The molecule has 1 heterocycles. The number of halogens is 1. The van der Waals surface area contributed by atoms with Crippen LogP contribution in [0.15, 0.2) is 77.8 Å². The van der Waals surface area contributed by atoms with E-state index in [0.717, 1.165) is 16.7 Å². The van der Waals surface area contributed by atoms with E-state index in [2.05, 4.69) is 5.32 Å². The van der Waals surface area contributed by atoms with E-state index in [1.165, 1.54) is 10.5 Å². The number of anilines is 2. The van der Waals surface area contributed by atoms with Crippen molar-refractivity contribution in [2.45, 2.75) is 20.4 Å². The van der Waals surface area contributed by atoms with E-state index in [9.17, 15) is 13.2 Å². The van der Waals surface area contributed by atoms with Crippen molar-refractivity contribution in [2.24, 2.45) is 0 Å². The average Bonchev–Trinajstić information content (AvgIpc) is 2.75. The van der Waals surface area contributed by atoms with Gasteiger partial charge in [-0.3, -0.25) is 9.10 Å².